The minimum absolute atomic E-state index is 0.914. The molecule has 1 aromatic carbocycles. The van der Waals surface area contributed by atoms with Gasteiger partial charge in [0.25, 0.3) is 0 Å². The third-order valence-corrected chi connectivity index (χ3v) is 2.08. The molecule has 80 valence electrons. The second-order valence-electron chi connectivity index (χ2n) is 3.06. The van der Waals surface area contributed by atoms with Gasteiger partial charge < -0.3 is 4.74 Å². The summed E-state index contributed by atoms with van der Waals surface area (Å²) >= 11 is 0. The molecule has 0 spiro atoms. The molecule has 0 unspecified atom stereocenters. The van der Waals surface area contributed by atoms with Crippen molar-refractivity contribution in [1.29, 1.82) is 0 Å². The predicted octanol–water partition coefficient (Wildman–Crippen LogP) is 3.58. The van der Waals surface area contributed by atoms with E-state index in [1.165, 1.54) is 5.56 Å². The zero-order chi connectivity index (χ0) is 11.3. The molecule has 0 radical (unpaired) electrons. The number of pyridine rings is 1. The van der Waals surface area contributed by atoms with Crippen LogP contribution in [-0.2, 0) is 0 Å². The molecule has 0 aliphatic heterocycles. The summed E-state index contributed by atoms with van der Waals surface area (Å²) < 4.78 is 5.28. The first-order chi connectivity index (χ1) is 7.31. The zero-order valence-corrected chi connectivity index (χ0v) is 9.74. The van der Waals surface area contributed by atoms with Gasteiger partial charge in [-0.25, -0.2) is 0 Å². The molecule has 0 N–H and O–H groups in total. The van der Waals surface area contributed by atoms with Gasteiger partial charge >= 0.3 is 0 Å². The highest BCUT2D eigenvalue weighted by molar-refractivity contribution is 5.88. The summed E-state index contributed by atoms with van der Waals surface area (Å²) in [4.78, 5) is 4.07. The summed E-state index contributed by atoms with van der Waals surface area (Å²) in [5.74, 6) is 0.914. The van der Waals surface area contributed by atoms with Gasteiger partial charge in [0.05, 0.1) is 7.11 Å². The van der Waals surface area contributed by atoms with E-state index in [1.54, 1.807) is 13.3 Å². The highest BCUT2D eigenvalue weighted by Crippen LogP contribution is 2.25. The van der Waals surface area contributed by atoms with Crippen LogP contribution in [0, 0.1) is 6.92 Å². The second kappa shape index (κ2) is 5.35. The number of hydrogen-bond donors (Lipinski definition) is 0. The van der Waals surface area contributed by atoms with Gasteiger partial charge in [-0.2, -0.15) is 0 Å². The summed E-state index contributed by atoms with van der Waals surface area (Å²) in [6, 6.07) is 6.10. The van der Waals surface area contributed by atoms with Gasteiger partial charge in [-0.3, -0.25) is 4.98 Å². The number of nitrogens with zero attached hydrogens (tertiary/aromatic N) is 1. The summed E-state index contributed by atoms with van der Waals surface area (Å²) in [5.41, 5.74) is 1.19. The lowest BCUT2D eigenvalue weighted by Gasteiger charge is -2.05. The van der Waals surface area contributed by atoms with Gasteiger partial charge in [-0.15, -0.1) is 0 Å². The lowest BCUT2D eigenvalue weighted by atomic mass is 10.1. The quantitative estimate of drug-likeness (QED) is 0.706. The number of benzene rings is 1. The van der Waals surface area contributed by atoms with Crippen molar-refractivity contribution in [2.24, 2.45) is 0 Å². The minimum Gasteiger partial charge on any atom is -0.496 e. The topological polar surface area (TPSA) is 22.1 Å². The van der Waals surface area contributed by atoms with Gasteiger partial charge in [-0.1, -0.05) is 13.8 Å². The van der Waals surface area contributed by atoms with Crippen LogP contribution in [0.5, 0.6) is 5.75 Å². The molecule has 2 rings (SSSR count). The number of rotatable bonds is 1. The molecule has 0 saturated heterocycles. The predicted molar refractivity (Wildman–Crippen MR) is 64.4 cm³/mol. The Kier molecular flexibility index (Phi) is 4.10. The second-order valence-corrected chi connectivity index (χ2v) is 3.06. The first-order valence-electron chi connectivity index (χ1n) is 5.19. The molecule has 0 aliphatic carbocycles. The van der Waals surface area contributed by atoms with E-state index >= 15 is 0 Å². The third-order valence-electron chi connectivity index (χ3n) is 2.08. The van der Waals surface area contributed by atoms with E-state index in [4.69, 9.17) is 4.74 Å². The van der Waals surface area contributed by atoms with Crippen molar-refractivity contribution < 1.29 is 4.74 Å². The van der Waals surface area contributed by atoms with Crippen LogP contribution in [0.1, 0.15) is 19.4 Å². The fourth-order valence-corrected chi connectivity index (χ4v) is 1.49. The van der Waals surface area contributed by atoms with E-state index in [-0.39, 0.29) is 0 Å². The average molecular weight is 203 g/mol. The van der Waals surface area contributed by atoms with Crippen LogP contribution in [0.2, 0.25) is 0 Å². The van der Waals surface area contributed by atoms with Crippen molar-refractivity contribution in [2.45, 2.75) is 20.8 Å². The van der Waals surface area contributed by atoms with Crippen molar-refractivity contribution in [3.63, 3.8) is 0 Å². The van der Waals surface area contributed by atoms with Gasteiger partial charge in [0.1, 0.15) is 5.75 Å². The monoisotopic (exact) mass is 203 g/mol. The van der Waals surface area contributed by atoms with E-state index < -0.39 is 0 Å². The van der Waals surface area contributed by atoms with Crippen molar-refractivity contribution in [3.8, 4) is 5.75 Å². The van der Waals surface area contributed by atoms with E-state index in [0.29, 0.717) is 0 Å². The lowest BCUT2D eigenvalue weighted by molar-refractivity contribution is 0.419. The molecule has 0 saturated carbocycles. The molecule has 1 aromatic heterocycles. The van der Waals surface area contributed by atoms with E-state index in [0.717, 1.165) is 16.5 Å². The number of aromatic nitrogens is 1. The molecule has 0 fully saturated rings. The maximum absolute atomic E-state index is 5.28. The maximum Gasteiger partial charge on any atom is 0.127 e. The molecule has 0 atom stereocenters. The standard InChI is InChI=1S/C11H11NO.C2H6/c1-8-5-9-7-12-4-3-10(9)11(6-8)13-2;1-2/h3-7H,1-2H3;1-2H3. The van der Waals surface area contributed by atoms with Crippen molar-refractivity contribution in [3.05, 3.63) is 36.2 Å². The number of hydrogen-bond acceptors (Lipinski definition) is 2. The van der Waals surface area contributed by atoms with Crippen molar-refractivity contribution in [2.75, 3.05) is 7.11 Å². The fourth-order valence-electron chi connectivity index (χ4n) is 1.49. The van der Waals surface area contributed by atoms with Gasteiger partial charge in [-0.05, 0) is 30.7 Å². The molecule has 1 heterocycles. The SMILES string of the molecule is CC.COc1cc(C)cc2cnccc12. The Balaban J connectivity index is 0.000000531. The number of methoxy groups -OCH3 is 1. The molecule has 0 bridgehead atoms. The van der Waals surface area contributed by atoms with Crippen LogP contribution in [0.15, 0.2) is 30.6 Å². The van der Waals surface area contributed by atoms with E-state index in [2.05, 4.69) is 18.0 Å². The first kappa shape index (κ1) is 11.5. The average Bonchev–Trinajstić information content (AvgIpc) is 2.30. The first-order valence-corrected chi connectivity index (χ1v) is 5.19. The van der Waals surface area contributed by atoms with Crippen LogP contribution in [-0.4, -0.2) is 12.1 Å². The molecular weight excluding hydrogens is 186 g/mol. The van der Waals surface area contributed by atoms with E-state index in [9.17, 15) is 0 Å². The Morgan fingerprint density at radius 2 is 1.93 bits per heavy atom. The van der Waals surface area contributed by atoms with Gasteiger partial charge in [0, 0.05) is 23.2 Å². The van der Waals surface area contributed by atoms with E-state index in [1.807, 2.05) is 32.2 Å². The summed E-state index contributed by atoms with van der Waals surface area (Å²) in [6.45, 7) is 6.05. The van der Waals surface area contributed by atoms with Gasteiger partial charge in [0.15, 0.2) is 0 Å². The van der Waals surface area contributed by atoms with Gasteiger partial charge in [0.2, 0.25) is 0 Å². The molecule has 2 aromatic rings. The largest absolute Gasteiger partial charge is 0.496 e. The summed E-state index contributed by atoms with van der Waals surface area (Å²) in [5, 5.41) is 2.24. The highest BCUT2D eigenvalue weighted by Gasteiger charge is 2.01. The fraction of sp³-hybridized carbons (Fsp3) is 0.308. The summed E-state index contributed by atoms with van der Waals surface area (Å²) in [7, 11) is 1.69. The Labute approximate surface area is 90.9 Å². The molecular formula is C13H17NO. The van der Waals surface area contributed by atoms with Crippen LogP contribution >= 0.6 is 0 Å². The van der Waals surface area contributed by atoms with Crippen molar-refractivity contribution in [1.82, 2.24) is 4.98 Å². The van der Waals surface area contributed by atoms with Crippen molar-refractivity contribution >= 4 is 10.8 Å². The highest BCUT2D eigenvalue weighted by atomic mass is 16.5. The lowest BCUT2D eigenvalue weighted by Crippen LogP contribution is -1.86. The van der Waals surface area contributed by atoms with Crippen LogP contribution in [0.25, 0.3) is 10.8 Å². The summed E-state index contributed by atoms with van der Waals surface area (Å²) in [6.07, 6.45) is 3.63. The molecule has 0 amide bonds. The Hall–Kier alpha value is -1.57. The third kappa shape index (κ3) is 2.46. The zero-order valence-electron chi connectivity index (χ0n) is 9.74. The molecule has 2 nitrogen and oxygen atoms in total. The van der Waals surface area contributed by atoms with Crippen LogP contribution < -0.4 is 4.74 Å². The smallest absolute Gasteiger partial charge is 0.127 e. The van der Waals surface area contributed by atoms with Crippen LogP contribution in [0.3, 0.4) is 0 Å². The normalized spacial score (nSPS) is 9.33. The maximum atomic E-state index is 5.28. The number of fused-ring (bicyclic) bond motifs is 1. The Morgan fingerprint density at radius 3 is 2.60 bits per heavy atom. The Bertz CT molecular complexity index is 437. The number of aryl methyl sites for hydroxylation is 1. The minimum atomic E-state index is 0.914. The molecule has 0 aliphatic rings. The Morgan fingerprint density at radius 1 is 1.20 bits per heavy atom. The molecule has 15 heavy (non-hydrogen) atoms. The number of ether oxygens (including phenoxy) is 1. The molecule has 2 heteroatoms. The van der Waals surface area contributed by atoms with Crippen LogP contribution in [0.4, 0.5) is 0 Å².